The van der Waals surface area contributed by atoms with Crippen LogP contribution in [0.5, 0.6) is 0 Å². The predicted octanol–water partition coefficient (Wildman–Crippen LogP) is 3.84. The standard InChI is InChI=1S/C11H8BrFN2S/c1-7-14-10(12)6-11(15-7)16-9-4-2-3-8(13)5-9/h2-6H,1H3. The number of aryl methyl sites for hydroxylation is 1. The van der Waals surface area contributed by atoms with Crippen LogP contribution in [-0.4, -0.2) is 9.97 Å². The molecule has 1 aromatic heterocycles. The van der Waals surface area contributed by atoms with E-state index in [0.717, 1.165) is 14.5 Å². The van der Waals surface area contributed by atoms with Gasteiger partial charge in [0.2, 0.25) is 0 Å². The fourth-order valence-electron chi connectivity index (χ4n) is 1.21. The predicted molar refractivity (Wildman–Crippen MR) is 65.0 cm³/mol. The second-order valence-electron chi connectivity index (χ2n) is 3.14. The Balaban J connectivity index is 2.27. The highest BCUT2D eigenvalue weighted by atomic mass is 79.9. The molecule has 0 aliphatic heterocycles. The Hall–Kier alpha value is -0.940. The van der Waals surface area contributed by atoms with Gasteiger partial charge in [0, 0.05) is 11.0 Å². The summed E-state index contributed by atoms with van der Waals surface area (Å²) >= 11 is 4.71. The smallest absolute Gasteiger partial charge is 0.127 e. The molecule has 0 saturated carbocycles. The number of hydrogen-bond donors (Lipinski definition) is 0. The molecule has 1 aromatic carbocycles. The van der Waals surface area contributed by atoms with Gasteiger partial charge in [-0.15, -0.1) is 0 Å². The van der Waals surface area contributed by atoms with Gasteiger partial charge in [-0.25, -0.2) is 14.4 Å². The van der Waals surface area contributed by atoms with Gasteiger partial charge in [-0.2, -0.15) is 0 Å². The molecule has 0 N–H and O–H groups in total. The largest absolute Gasteiger partial charge is 0.226 e. The van der Waals surface area contributed by atoms with Crippen LogP contribution in [0, 0.1) is 12.7 Å². The first-order chi connectivity index (χ1) is 7.63. The summed E-state index contributed by atoms with van der Waals surface area (Å²) in [7, 11) is 0. The van der Waals surface area contributed by atoms with E-state index >= 15 is 0 Å². The van der Waals surface area contributed by atoms with E-state index in [1.165, 1.54) is 23.9 Å². The molecule has 16 heavy (non-hydrogen) atoms. The molecule has 0 unspecified atom stereocenters. The summed E-state index contributed by atoms with van der Waals surface area (Å²) in [5, 5.41) is 0.796. The van der Waals surface area contributed by atoms with Crippen LogP contribution >= 0.6 is 27.7 Å². The Labute approximate surface area is 105 Å². The van der Waals surface area contributed by atoms with Crippen molar-refractivity contribution in [2.24, 2.45) is 0 Å². The molecule has 0 aliphatic rings. The van der Waals surface area contributed by atoms with Crippen molar-refractivity contribution in [1.82, 2.24) is 9.97 Å². The molecule has 2 rings (SSSR count). The monoisotopic (exact) mass is 298 g/mol. The molecule has 0 atom stereocenters. The molecule has 5 heteroatoms. The highest BCUT2D eigenvalue weighted by molar-refractivity contribution is 9.10. The van der Waals surface area contributed by atoms with Crippen molar-refractivity contribution in [2.75, 3.05) is 0 Å². The lowest BCUT2D eigenvalue weighted by Gasteiger charge is -2.02. The maximum atomic E-state index is 13.0. The third-order valence-corrected chi connectivity index (χ3v) is 3.12. The van der Waals surface area contributed by atoms with Crippen LogP contribution in [-0.2, 0) is 0 Å². The van der Waals surface area contributed by atoms with Crippen molar-refractivity contribution in [1.29, 1.82) is 0 Å². The minimum absolute atomic E-state index is 0.241. The summed E-state index contributed by atoms with van der Waals surface area (Å²) in [4.78, 5) is 9.19. The van der Waals surface area contributed by atoms with Gasteiger partial charge in [0.1, 0.15) is 21.3 Å². The van der Waals surface area contributed by atoms with Crippen molar-refractivity contribution in [3.63, 3.8) is 0 Å². The first-order valence-corrected chi connectivity index (χ1v) is 6.19. The van der Waals surface area contributed by atoms with E-state index in [9.17, 15) is 4.39 Å². The van der Waals surface area contributed by atoms with Gasteiger partial charge in [0.15, 0.2) is 0 Å². The van der Waals surface area contributed by atoms with E-state index in [-0.39, 0.29) is 5.82 Å². The van der Waals surface area contributed by atoms with E-state index in [1.807, 2.05) is 19.1 Å². The topological polar surface area (TPSA) is 25.8 Å². The molecule has 0 bridgehead atoms. The zero-order valence-electron chi connectivity index (χ0n) is 8.45. The fourth-order valence-corrected chi connectivity index (χ4v) is 2.74. The van der Waals surface area contributed by atoms with Gasteiger partial charge in [-0.1, -0.05) is 17.8 Å². The van der Waals surface area contributed by atoms with Crippen LogP contribution in [0.4, 0.5) is 4.39 Å². The van der Waals surface area contributed by atoms with Crippen LogP contribution in [0.2, 0.25) is 0 Å². The summed E-state index contributed by atoms with van der Waals surface area (Å²) < 4.78 is 13.7. The van der Waals surface area contributed by atoms with E-state index in [4.69, 9.17) is 0 Å². The lowest BCUT2D eigenvalue weighted by atomic mass is 10.4. The van der Waals surface area contributed by atoms with Gasteiger partial charge in [0.25, 0.3) is 0 Å². The van der Waals surface area contributed by atoms with Gasteiger partial charge in [-0.05, 0) is 41.1 Å². The van der Waals surface area contributed by atoms with Crippen LogP contribution in [0.1, 0.15) is 5.82 Å². The van der Waals surface area contributed by atoms with Gasteiger partial charge in [0.05, 0.1) is 0 Å². The molecule has 2 aromatic rings. The summed E-state index contributed by atoms with van der Waals surface area (Å²) in [5.74, 6) is 0.447. The summed E-state index contributed by atoms with van der Waals surface area (Å²) in [6, 6.07) is 8.24. The Morgan fingerprint density at radius 1 is 1.25 bits per heavy atom. The average molecular weight is 299 g/mol. The highest BCUT2D eigenvalue weighted by Gasteiger charge is 2.03. The Kier molecular flexibility index (Phi) is 3.56. The van der Waals surface area contributed by atoms with Gasteiger partial charge < -0.3 is 0 Å². The molecule has 2 nitrogen and oxygen atoms in total. The van der Waals surface area contributed by atoms with E-state index in [0.29, 0.717) is 5.82 Å². The minimum atomic E-state index is -0.241. The molecule has 0 spiro atoms. The number of aromatic nitrogens is 2. The number of halogens is 2. The summed E-state index contributed by atoms with van der Waals surface area (Å²) in [6.07, 6.45) is 0. The van der Waals surface area contributed by atoms with Gasteiger partial charge >= 0.3 is 0 Å². The van der Waals surface area contributed by atoms with Crippen LogP contribution in [0.15, 0.2) is 44.9 Å². The molecular formula is C11H8BrFN2S. The summed E-state index contributed by atoms with van der Waals surface area (Å²) in [5.41, 5.74) is 0. The average Bonchev–Trinajstić information content (AvgIpc) is 2.15. The number of hydrogen-bond acceptors (Lipinski definition) is 3. The Morgan fingerprint density at radius 2 is 2.06 bits per heavy atom. The zero-order valence-corrected chi connectivity index (χ0v) is 10.8. The van der Waals surface area contributed by atoms with Crippen molar-refractivity contribution < 1.29 is 4.39 Å². The van der Waals surface area contributed by atoms with Gasteiger partial charge in [-0.3, -0.25) is 0 Å². The number of nitrogens with zero attached hydrogens (tertiary/aromatic N) is 2. The second kappa shape index (κ2) is 4.93. The van der Waals surface area contributed by atoms with Crippen LogP contribution in [0.25, 0.3) is 0 Å². The minimum Gasteiger partial charge on any atom is -0.226 e. The number of benzene rings is 1. The molecule has 0 radical (unpaired) electrons. The first kappa shape index (κ1) is 11.5. The second-order valence-corrected chi connectivity index (χ2v) is 5.04. The highest BCUT2D eigenvalue weighted by Crippen LogP contribution is 2.27. The SMILES string of the molecule is Cc1nc(Br)cc(Sc2cccc(F)c2)n1. The fraction of sp³-hybridized carbons (Fsp3) is 0.0909. The molecule has 0 fully saturated rings. The third kappa shape index (κ3) is 3.02. The number of rotatable bonds is 2. The quantitative estimate of drug-likeness (QED) is 0.788. The maximum absolute atomic E-state index is 13.0. The lowest BCUT2D eigenvalue weighted by Crippen LogP contribution is -1.90. The van der Waals surface area contributed by atoms with Crippen LogP contribution in [0.3, 0.4) is 0 Å². The Morgan fingerprint density at radius 3 is 2.75 bits per heavy atom. The normalized spacial score (nSPS) is 10.4. The zero-order chi connectivity index (χ0) is 11.5. The third-order valence-electron chi connectivity index (χ3n) is 1.80. The molecular weight excluding hydrogens is 291 g/mol. The van der Waals surface area contributed by atoms with Crippen molar-refractivity contribution in [3.05, 3.63) is 46.6 Å². The van der Waals surface area contributed by atoms with E-state index in [2.05, 4.69) is 25.9 Å². The van der Waals surface area contributed by atoms with E-state index < -0.39 is 0 Å². The maximum Gasteiger partial charge on any atom is 0.127 e. The molecule has 1 heterocycles. The first-order valence-electron chi connectivity index (χ1n) is 4.58. The Bertz CT molecular complexity index is 499. The lowest BCUT2D eigenvalue weighted by molar-refractivity contribution is 0.624. The molecule has 82 valence electrons. The van der Waals surface area contributed by atoms with Crippen molar-refractivity contribution >= 4 is 27.7 Å². The van der Waals surface area contributed by atoms with E-state index in [1.54, 1.807) is 6.07 Å². The summed E-state index contributed by atoms with van der Waals surface area (Å²) in [6.45, 7) is 1.82. The van der Waals surface area contributed by atoms with Crippen LogP contribution < -0.4 is 0 Å². The molecule has 0 amide bonds. The molecule has 0 aliphatic carbocycles. The molecule has 0 saturated heterocycles. The van der Waals surface area contributed by atoms with Crippen molar-refractivity contribution in [2.45, 2.75) is 16.8 Å². The van der Waals surface area contributed by atoms with Crippen molar-refractivity contribution in [3.8, 4) is 0 Å².